The number of imidazole rings is 1. The number of carbonyl (C=O) groups excluding carboxylic acids is 1. The predicted molar refractivity (Wildman–Crippen MR) is 86.4 cm³/mol. The van der Waals surface area contributed by atoms with E-state index in [1.807, 2.05) is 49.7 Å². The zero-order valence-electron chi connectivity index (χ0n) is 12.7. The van der Waals surface area contributed by atoms with Crippen molar-refractivity contribution in [3.05, 3.63) is 47.0 Å². The van der Waals surface area contributed by atoms with Gasteiger partial charge in [-0.3, -0.25) is 14.0 Å². The van der Waals surface area contributed by atoms with Gasteiger partial charge in [0, 0.05) is 6.42 Å². The summed E-state index contributed by atoms with van der Waals surface area (Å²) >= 11 is 6.17. The van der Waals surface area contributed by atoms with Crippen molar-refractivity contribution in [3.63, 3.8) is 0 Å². The SMILES string of the molecule is Cc1nn([C@H](C)CC(=O)n2cnc3ccccc32)c(C)c1Cl. The standard InChI is InChI=1S/C16H17ClN4O/c1-10(21-12(3)16(17)11(2)19-21)8-15(22)20-9-18-13-6-4-5-7-14(13)20/h4-7,9-10H,8H2,1-3H3/t10-/m1/s1. The highest BCUT2D eigenvalue weighted by Crippen LogP contribution is 2.24. The molecule has 2 aromatic heterocycles. The molecular weight excluding hydrogens is 300 g/mol. The fourth-order valence-corrected chi connectivity index (χ4v) is 2.79. The van der Waals surface area contributed by atoms with Gasteiger partial charge in [-0.25, -0.2) is 4.98 Å². The van der Waals surface area contributed by atoms with Crippen molar-refractivity contribution in [2.75, 3.05) is 0 Å². The quantitative estimate of drug-likeness (QED) is 0.738. The molecule has 0 fully saturated rings. The molecule has 0 unspecified atom stereocenters. The summed E-state index contributed by atoms with van der Waals surface area (Å²) in [5, 5.41) is 5.07. The van der Waals surface area contributed by atoms with Crippen molar-refractivity contribution in [2.45, 2.75) is 33.2 Å². The highest BCUT2D eigenvalue weighted by molar-refractivity contribution is 6.31. The number of nitrogens with zero attached hydrogens (tertiary/aromatic N) is 4. The normalized spacial score (nSPS) is 12.7. The fraction of sp³-hybridized carbons (Fsp3) is 0.312. The molecule has 0 aliphatic carbocycles. The van der Waals surface area contributed by atoms with Crippen LogP contribution in [0.15, 0.2) is 30.6 Å². The maximum atomic E-state index is 12.6. The molecule has 0 spiro atoms. The topological polar surface area (TPSA) is 52.7 Å². The molecule has 0 radical (unpaired) electrons. The molecule has 0 amide bonds. The number of aryl methyl sites for hydroxylation is 1. The number of hydrogen-bond acceptors (Lipinski definition) is 3. The maximum Gasteiger partial charge on any atom is 0.234 e. The van der Waals surface area contributed by atoms with Gasteiger partial charge in [-0.2, -0.15) is 5.10 Å². The number of para-hydroxylation sites is 2. The van der Waals surface area contributed by atoms with Gasteiger partial charge in [-0.1, -0.05) is 23.7 Å². The van der Waals surface area contributed by atoms with E-state index < -0.39 is 0 Å². The minimum atomic E-state index is -0.0696. The van der Waals surface area contributed by atoms with E-state index in [9.17, 15) is 4.79 Å². The Bertz CT molecular complexity index is 849. The summed E-state index contributed by atoms with van der Waals surface area (Å²) in [6, 6.07) is 7.52. The summed E-state index contributed by atoms with van der Waals surface area (Å²) in [5.74, 6) is -0.00937. The molecule has 2 heterocycles. The molecule has 3 rings (SSSR count). The van der Waals surface area contributed by atoms with E-state index in [4.69, 9.17) is 11.6 Å². The molecular formula is C16H17ClN4O. The first-order valence-corrected chi connectivity index (χ1v) is 7.53. The molecule has 1 aromatic carbocycles. The lowest BCUT2D eigenvalue weighted by molar-refractivity contribution is 0.0887. The van der Waals surface area contributed by atoms with Crippen LogP contribution in [0.25, 0.3) is 11.0 Å². The summed E-state index contributed by atoms with van der Waals surface area (Å²) in [4.78, 5) is 16.8. The summed E-state index contributed by atoms with van der Waals surface area (Å²) in [6.45, 7) is 5.74. The van der Waals surface area contributed by atoms with E-state index in [-0.39, 0.29) is 11.9 Å². The van der Waals surface area contributed by atoms with Crippen molar-refractivity contribution >= 4 is 28.5 Å². The number of hydrogen-bond donors (Lipinski definition) is 0. The number of aromatic nitrogens is 4. The molecule has 22 heavy (non-hydrogen) atoms. The van der Waals surface area contributed by atoms with Crippen molar-refractivity contribution in [3.8, 4) is 0 Å². The third kappa shape index (κ3) is 2.41. The highest BCUT2D eigenvalue weighted by Gasteiger charge is 2.19. The van der Waals surface area contributed by atoms with Crippen molar-refractivity contribution in [1.82, 2.24) is 19.3 Å². The minimum Gasteiger partial charge on any atom is -0.274 e. The Morgan fingerprint density at radius 1 is 1.32 bits per heavy atom. The Hall–Kier alpha value is -2.14. The Labute approximate surface area is 133 Å². The average Bonchev–Trinajstić information content (AvgIpc) is 3.04. The second kappa shape index (κ2) is 5.57. The molecule has 114 valence electrons. The molecule has 1 atom stereocenters. The van der Waals surface area contributed by atoms with Crippen LogP contribution in [0.5, 0.6) is 0 Å². The average molecular weight is 317 g/mol. The Morgan fingerprint density at radius 2 is 2.05 bits per heavy atom. The van der Waals surface area contributed by atoms with Gasteiger partial charge >= 0.3 is 0 Å². The van der Waals surface area contributed by atoms with Gasteiger partial charge in [0.05, 0.1) is 33.5 Å². The number of benzene rings is 1. The number of fused-ring (bicyclic) bond motifs is 1. The second-order valence-electron chi connectivity index (χ2n) is 5.48. The van der Waals surface area contributed by atoms with Gasteiger partial charge in [-0.05, 0) is 32.9 Å². The Kier molecular flexibility index (Phi) is 3.74. The van der Waals surface area contributed by atoms with Gasteiger partial charge in [0.1, 0.15) is 6.33 Å². The van der Waals surface area contributed by atoms with E-state index in [1.165, 1.54) is 0 Å². The van der Waals surface area contributed by atoms with Crippen LogP contribution in [0.2, 0.25) is 5.02 Å². The Morgan fingerprint density at radius 3 is 2.73 bits per heavy atom. The molecule has 3 aromatic rings. The van der Waals surface area contributed by atoms with Crippen LogP contribution in [-0.4, -0.2) is 25.2 Å². The fourth-order valence-electron chi connectivity index (χ4n) is 2.67. The van der Waals surface area contributed by atoms with Crippen LogP contribution >= 0.6 is 11.6 Å². The van der Waals surface area contributed by atoms with Gasteiger partial charge < -0.3 is 0 Å². The lowest BCUT2D eigenvalue weighted by atomic mass is 10.2. The van der Waals surface area contributed by atoms with Crippen LogP contribution in [0.1, 0.15) is 35.6 Å². The predicted octanol–water partition coefficient (Wildman–Crippen LogP) is 3.79. The van der Waals surface area contributed by atoms with Crippen LogP contribution in [-0.2, 0) is 0 Å². The first-order valence-electron chi connectivity index (χ1n) is 7.15. The van der Waals surface area contributed by atoms with E-state index in [1.54, 1.807) is 10.9 Å². The molecule has 5 nitrogen and oxygen atoms in total. The summed E-state index contributed by atoms with van der Waals surface area (Å²) < 4.78 is 3.41. The molecule has 6 heteroatoms. The van der Waals surface area contributed by atoms with Crippen molar-refractivity contribution < 1.29 is 4.79 Å². The lowest BCUT2D eigenvalue weighted by Crippen LogP contribution is -2.17. The molecule has 0 bridgehead atoms. The molecule has 0 aliphatic rings. The van der Waals surface area contributed by atoms with Crippen LogP contribution in [0.4, 0.5) is 0 Å². The smallest absolute Gasteiger partial charge is 0.234 e. The summed E-state index contributed by atoms with van der Waals surface area (Å²) in [7, 11) is 0. The lowest BCUT2D eigenvalue weighted by Gasteiger charge is -2.14. The third-order valence-electron chi connectivity index (χ3n) is 3.85. The van der Waals surface area contributed by atoms with Crippen LogP contribution in [0.3, 0.4) is 0 Å². The summed E-state index contributed by atoms with van der Waals surface area (Å²) in [5.41, 5.74) is 3.31. The second-order valence-corrected chi connectivity index (χ2v) is 5.86. The largest absolute Gasteiger partial charge is 0.274 e. The molecule has 0 aliphatic heterocycles. The molecule has 0 saturated carbocycles. The molecule has 0 saturated heterocycles. The monoisotopic (exact) mass is 316 g/mol. The molecule has 0 N–H and O–H groups in total. The van der Waals surface area contributed by atoms with Gasteiger partial charge in [0.2, 0.25) is 5.91 Å². The van der Waals surface area contributed by atoms with E-state index in [2.05, 4.69) is 10.1 Å². The van der Waals surface area contributed by atoms with Crippen LogP contribution in [0, 0.1) is 13.8 Å². The highest BCUT2D eigenvalue weighted by atomic mass is 35.5. The zero-order chi connectivity index (χ0) is 15.9. The summed E-state index contributed by atoms with van der Waals surface area (Å²) in [6.07, 6.45) is 1.91. The van der Waals surface area contributed by atoms with E-state index >= 15 is 0 Å². The van der Waals surface area contributed by atoms with Crippen LogP contribution < -0.4 is 0 Å². The first-order chi connectivity index (χ1) is 10.5. The van der Waals surface area contributed by atoms with Crippen molar-refractivity contribution in [1.29, 1.82) is 0 Å². The van der Waals surface area contributed by atoms with Gasteiger partial charge in [0.25, 0.3) is 0 Å². The first kappa shape index (κ1) is 14.8. The number of halogens is 1. The number of rotatable bonds is 3. The van der Waals surface area contributed by atoms with Gasteiger partial charge in [-0.15, -0.1) is 0 Å². The maximum absolute atomic E-state index is 12.6. The third-order valence-corrected chi connectivity index (χ3v) is 4.39. The van der Waals surface area contributed by atoms with E-state index in [0.717, 1.165) is 22.4 Å². The van der Waals surface area contributed by atoms with Gasteiger partial charge in [0.15, 0.2) is 0 Å². The minimum absolute atomic E-state index is 0.00937. The van der Waals surface area contributed by atoms with E-state index in [0.29, 0.717) is 11.4 Å². The number of carbonyl (C=O) groups is 1. The Balaban J connectivity index is 1.86. The zero-order valence-corrected chi connectivity index (χ0v) is 13.5. The van der Waals surface area contributed by atoms with Crippen molar-refractivity contribution in [2.24, 2.45) is 0 Å².